The molecule has 0 bridgehead atoms. The molecule has 0 aliphatic heterocycles. The molecule has 2 amide bonds. The smallest absolute Gasteiger partial charge is 0.264 e. The minimum absolute atomic E-state index is 0.120. The molecule has 0 aliphatic rings. The first-order chi connectivity index (χ1) is 4.76. The summed E-state index contributed by atoms with van der Waals surface area (Å²) in [4.78, 5) is 29.8. The maximum absolute atomic E-state index is 10.4. The van der Waals surface area contributed by atoms with E-state index in [9.17, 15) is 14.4 Å². The van der Waals surface area contributed by atoms with Crippen LogP contribution in [-0.2, 0) is 14.4 Å². The van der Waals surface area contributed by atoms with Crippen LogP contribution in [0.3, 0.4) is 0 Å². The molecule has 0 heterocycles. The Morgan fingerprint density at radius 2 is 2.00 bits per heavy atom. The van der Waals surface area contributed by atoms with E-state index in [1.54, 1.807) is 5.32 Å². The van der Waals surface area contributed by atoms with E-state index < -0.39 is 11.5 Å². The highest BCUT2D eigenvalue weighted by Gasteiger charge is 2.05. The molecule has 0 spiro atoms. The van der Waals surface area contributed by atoms with Crippen molar-refractivity contribution in [3.05, 3.63) is 11.8 Å². The van der Waals surface area contributed by atoms with Gasteiger partial charge in [0.2, 0.25) is 6.41 Å². The van der Waals surface area contributed by atoms with Crippen LogP contribution in [0, 0.1) is 0 Å². The first kappa shape index (κ1) is 8.35. The minimum Gasteiger partial charge on any atom is -0.515 e. The normalized spacial score (nSPS) is 10.2. The summed E-state index contributed by atoms with van der Waals surface area (Å²) in [6.07, 6.45) is 0.583. The average molecular weight is 143 g/mol. The molecular formula is C5H5NO4. The predicted octanol–water partition coefficient (Wildman–Crippen LogP) is -1.10. The van der Waals surface area contributed by atoms with Crippen LogP contribution in [-0.4, -0.2) is 23.7 Å². The predicted molar refractivity (Wildman–Crippen MR) is 31.0 cm³/mol. The highest BCUT2D eigenvalue weighted by molar-refractivity contribution is 6.12. The van der Waals surface area contributed by atoms with Crippen LogP contribution in [0.5, 0.6) is 0 Å². The van der Waals surface area contributed by atoms with Crippen LogP contribution >= 0.6 is 0 Å². The Bertz CT molecular complexity index is 184. The molecule has 0 saturated carbocycles. The van der Waals surface area contributed by atoms with Gasteiger partial charge < -0.3 is 5.11 Å². The average Bonchev–Trinajstić information content (AvgIpc) is 1.91. The number of hydrogen-bond acceptors (Lipinski definition) is 4. The third-order valence-corrected chi connectivity index (χ3v) is 0.718. The first-order valence-electron chi connectivity index (χ1n) is 2.30. The van der Waals surface area contributed by atoms with Gasteiger partial charge in [0.25, 0.3) is 5.91 Å². The van der Waals surface area contributed by atoms with E-state index in [1.807, 2.05) is 0 Å². The van der Waals surface area contributed by atoms with Gasteiger partial charge in [-0.2, -0.15) is 0 Å². The molecule has 0 radical (unpaired) electrons. The number of imide groups is 1. The number of amides is 2. The largest absolute Gasteiger partial charge is 0.515 e. The molecule has 10 heavy (non-hydrogen) atoms. The van der Waals surface area contributed by atoms with Gasteiger partial charge in [0.1, 0.15) is 5.57 Å². The van der Waals surface area contributed by atoms with E-state index in [2.05, 4.69) is 0 Å². The monoisotopic (exact) mass is 143 g/mol. The van der Waals surface area contributed by atoms with Crippen LogP contribution in [0.2, 0.25) is 0 Å². The van der Waals surface area contributed by atoms with Gasteiger partial charge >= 0.3 is 0 Å². The maximum atomic E-state index is 10.4. The Kier molecular flexibility index (Phi) is 3.55. The number of hydrogen-bond donors (Lipinski definition) is 2. The van der Waals surface area contributed by atoms with E-state index in [4.69, 9.17) is 5.11 Å². The van der Waals surface area contributed by atoms with Crippen LogP contribution in [0.25, 0.3) is 0 Å². The summed E-state index contributed by atoms with van der Waals surface area (Å²) in [7, 11) is 0. The van der Waals surface area contributed by atoms with Crippen molar-refractivity contribution < 1.29 is 19.5 Å². The van der Waals surface area contributed by atoms with Crippen molar-refractivity contribution >= 4 is 18.6 Å². The topological polar surface area (TPSA) is 83.5 Å². The maximum Gasteiger partial charge on any atom is 0.264 e. The fraction of sp³-hybridized carbons (Fsp3) is 0. The van der Waals surface area contributed by atoms with Crippen LogP contribution in [0.1, 0.15) is 0 Å². The fourth-order valence-electron chi connectivity index (χ4n) is 0.279. The van der Waals surface area contributed by atoms with Crippen molar-refractivity contribution in [2.24, 2.45) is 0 Å². The zero-order valence-corrected chi connectivity index (χ0v) is 4.90. The Labute approximate surface area is 56.3 Å². The van der Waals surface area contributed by atoms with Gasteiger partial charge in [-0.25, -0.2) is 0 Å². The van der Waals surface area contributed by atoms with E-state index in [0.717, 1.165) is 0 Å². The second-order valence-corrected chi connectivity index (χ2v) is 1.29. The number of rotatable bonds is 3. The van der Waals surface area contributed by atoms with Gasteiger partial charge in [-0.15, -0.1) is 0 Å². The standard InChI is InChI=1S/C5H5NO4/c7-1-4(2-8)5(10)6-3-9/h1-3,7H,(H,6,9,10). The molecule has 5 heteroatoms. The molecule has 0 atom stereocenters. The van der Waals surface area contributed by atoms with Gasteiger partial charge in [0.15, 0.2) is 6.29 Å². The minimum atomic E-state index is -0.924. The molecule has 0 aromatic rings. The summed E-state index contributed by atoms with van der Waals surface area (Å²) in [5.74, 6) is -0.924. The molecule has 0 aromatic carbocycles. The molecule has 0 aromatic heterocycles. The van der Waals surface area contributed by atoms with Crippen molar-refractivity contribution in [2.75, 3.05) is 0 Å². The quantitative estimate of drug-likeness (QED) is 0.173. The lowest BCUT2D eigenvalue weighted by Gasteiger charge is -1.91. The zero-order valence-electron chi connectivity index (χ0n) is 4.90. The van der Waals surface area contributed by atoms with Crippen LogP contribution in [0.4, 0.5) is 0 Å². The summed E-state index contributed by atoms with van der Waals surface area (Å²) in [6, 6.07) is 0. The Balaban J connectivity index is 4.16. The Morgan fingerprint density at radius 1 is 1.40 bits per heavy atom. The highest BCUT2D eigenvalue weighted by Crippen LogP contribution is 1.84. The van der Waals surface area contributed by atoms with Crippen LogP contribution in [0.15, 0.2) is 11.8 Å². The third kappa shape index (κ3) is 2.08. The number of carbonyl (C=O) groups is 3. The van der Waals surface area contributed by atoms with Gasteiger partial charge in [-0.1, -0.05) is 0 Å². The summed E-state index contributed by atoms with van der Waals surface area (Å²) in [6.45, 7) is 0. The fourth-order valence-corrected chi connectivity index (χ4v) is 0.279. The van der Waals surface area contributed by atoms with Gasteiger partial charge in [0, 0.05) is 0 Å². The number of aldehydes is 1. The van der Waals surface area contributed by atoms with E-state index in [1.165, 1.54) is 0 Å². The number of nitrogens with one attached hydrogen (secondary N) is 1. The summed E-state index contributed by atoms with van der Waals surface area (Å²) in [5, 5.41) is 9.82. The first-order valence-corrected chi connectivity index (χ1v) is 2.30. The molecule has 0 unspecified atom stereocenters. The van der Waals surface area contributed by atoms with Crippen molar-refractivity contribution in [3.8, 4) is 0 Å². The molecule has 2 N–H and O–H groups in total. The molecule has 54 valence electrons. The highest BCUT2D eigenvalue weighted by atomic mass is 16.2. The molecular weight excluding hydrogens is 138 g/mol. The Hall–Kier alpha value is -1.65. The lowest BCUT2D eigenvalue weighted by atomic mass is 10.3. The molecule has 5 nitrogen and oxygen atoms in total. The molecule has 0 saturated heterocycles. The van der Waals surface area contributed by atoms with Crippen molar-refractivity contribution in [2.45, 2.75) is 0 Å². The lowest BCUT2D eigenvalue weighted by Crippen LogP contribution is -2.23. The number of aliphatic hydroxyl groups is 1. The SMILES string of the molecule is O=CNC(=O)C(C=O)=CO. The number of aliphatic hydroxyl groups excluding tert-OH is 1. The number of carbonyl (C=O) groups excluding carboxylic acids is 3. The summed E-state index contributed by atoms with van der Waals surface area (Å²) >= 11 is 0. The Morgan fingerprint density at radius 3 is 2.30 bits per heavy atom. The van der Waals surface area contributed by atoms with Gasteiger partial charge in [-0.3, -0.25) is 19.7 Å². The van der Waals surface area contributed by atoms with Gasteiger partial charge in [-0.05, 0) is 0 Å². The van der Waals surface area contributed by atoms with E-state index in [0.29, 0.717) is 6.26 Å². The van der Waals surface area contributed by atoms with Crippen LogP contribution < -0.4 is 5.32 Å². The molecule has 0 rings (SSSR count). The van der Waals surface area contributed by atoms with Gasteiger partial charge in [0.05, 0.1) is 6.26 Å². The van der Waals surface area contributed by atoms with Crippen molar-refractivity contribution in [1.29, 1.82) is 0 Å². The second-order valence-electron chi connectivity index (χ2n) is 1.29. The van der Waals surface area contributed by atoms with Crippen molar-refractivity contribution in [1.82, 2.24) is 5.32 Å². The van der Waals surface area contributed by atoms with E-state index >= 15 is 0 Å². The van der Waals surface area contributed by atoms with E-state index in [-0.39, 0.29) is 12.7 Å². The molecule has 0 aliphatic carbocycles. The zero-order chi connectivity index (χ0) is 7.98. The van der Waals surface area contributed by atoms with Crippen molar-refractivity contribution in [3.63, 3.8) is 0 Å². The lowest BCUT2D eigenvalue weighted by molar-refractivity contribution is -0.123. The molecule has 0 fully saturated rings. The second kappa shape index (κ2) is 4.25. The summed E-state index contributed by atoms with van der Waals surface area (Å²) in [5.41, 5.74) is -0.493. The third-order valence-electron chi connectivity index (χ3n) is 0.718. The summed E-state index contributed by atoms with van der Waals surface area (Å²) < 4.78 is 0.